The highest BCUT2D eigenvalue weighted by Crippen LogP contribution is 2.72. The van der Waals surface area contributed by atoms with Crippen molar-refractivity contribution in [3.05, 3.63) is 191 Å². The van der Waals surface area contributed by atoms with Crippen LogP contribution in [0.3, 0.4) is 0 Å². The molecule has 0 bridgehead atoms. The van der Waals surface area contributed by atoms with E-state index in [4.69, 9.17) is 9.47 Å². The number of fused-ring (bicyclic) bond motifs is 20. The van der Waals surface area contributed by atoms with Gasteiger partial charge in [0.1, 0.15) is 12.2 Å². The van der Waals surface area contributed by atoms with E-state index in [1.807, 2.05) is 61.4 Å². The molecule has 8 fully saturated rings. The van der Waals surface area contributed by atoms with Crippen LogP contribution in [0.15, 0.2) is 169 Å². The minimum Gasteiger partial charge on any atom is -0.462 e. The van der Waals surface area contributed by atoms with E-state index in [1.54, 1.807) is 12.4 Å². The monoisotopic (exact) mass is 1490 g/mol. The predicted octanol–water partition coefficient (Wildman–Crippen LogP) is 22.7. The lowest BCUT2D eigenvalue weighted by Gasteiger charge is -2.57. The van der Waals surface area contributed by atoms with Gasteiger partial charge in [0.2, 0.25) is 0 Å². The van der Waals surface area contributed by atoms with Crippen molar-refractivity contribution < 1.29 is 37.5 Å². The summed E-state index contributed by atoms with van der Waals surface area (Å²) in [6, 6.07) is 16.6. The highest BCUT2D eigenvalue weighted by Gasteiger charge is 2.62. The molecule has 2 N–H and O–H groups in total. The smallest absolute Gasteiger partial charge is 0.302 e. The Morgan fingerprint density at radius 3 is 1.01 bits per heavy atom. The number of allylic oxidation sites excluding steroid dienone is 12. The second-order valence-corrected chi connectivity index (χ2v) is 38.9. The molecule has 584 valence electrons. The molecule has 0 amide bonds. The highest BCUT2D eigenvalue weighted by molar-refractivity contribution is 5.75. The summed E-state index contributed by atoms with van der Waals surface area (Å²) in [5, 5.41) is 20.4. The topological polar surface area (TPSA) is 145 Å². The molecule has 0 radical (unpaired) electrons. The normalized spacial score (nSPS) is 45.6. The Bertz CT molecular complexity index is 4720. The Morgan fingerprint density at radius 2 is 0.655 bits per heavy atom. The molecule has 16 aliphatic rings. The van der Waals surface area contributed by atoms with E-state index in [0.717, 1.165) is 165 Å². The molecule has 110 heavy (non-hydrogen) atoms. The molecule has 16 aliphatic carbocycles. The molecular formula is C100H128N4O6. The molecule has 0 spiro atoms. The van der Waals surface area contributed by atoms with E-state index >= 15 is 0 Å². The van der Waals surface area contributed by atoms with E-state index in [0.29, 0.717) is 60.2 Å². The number of aliphatic hydroxyl groups excluding tert-OH is 2. The van der Waals surface area contributed by atoms with Crippen LogP contribution in [0.5, 0.6) is 0 Å². The summed E-state index contributed by atoms with van der Waals surface area (Å²) in [4.78, 5) is 40.3. The first-order chi connectivity index (χ1) is 55.1. The fraction of sp³-hybridized carbons (Fsp3) is 0.620. The molecule has 4 heterocycles. The minimum absolute atomic E-state index is 0.0120. The zero-order valence-electron chi connectivity index (χ0n) is 73.6. The van der Waals surface area contributed by atoms with Crippen molar-refractivity contribution >= 4 is 34.2 Å². The number of hydrogen-bond acceptors (Lipinski definition) is 10. The van der Waals surface area contributed by atoms with E-state index < -0.39 is 18.6 Å². The number of rotatable bonds is 6. The number of nitrogens with zero attached hydrogens (tertiary/aromatic N) is 4. The summed E-state index contributed by atoms with van der Waals surface area (Å²) in [5.74, 6) is 2.31. The third kappa shape index (κ3) is 12.9. The third-order valence-electron chi connectivity index (χ3n) is 33.5. The summed E-state index contributed by atoms with van der Waals surface area (Å²) in [5.41, 5.74) is 15.2. The van der Waals surface area contributed by atoms with Crippen LogP contribution in [0.2, 0.25) is 0 Å². The number of carbonyl (C=O) groups is 2. The van der Waals surface area contributed by atoms with Crippen molar-refractivity contribution in [2.45, 2.75) is 273 Å². The maximum Gasteiger partial charge on any atom is 0.302 e. The van der Waals surface area contributed by atoms with Crippen molar-refractivity contribution in [3.63, 3.8) is 0 Å². The summed E-state index contributed by atoms with van der Waals surface area (Å²) < 4.78 is 67.7. The van der Waals surface area contributed by atoms with Gasteiger partial charge in [0.25, 0.3) is 0 Å². The Hall–Kier alpha value is -6.62. The zero-order chi connectivity index (χ0) is 81.8. The number of esters is 2. The summed E-state index contributed by atoms with van der Waals surface area (Å²) in [6.45, 7) is 21.7. The third-order valence-corrected chi connectivity index (χ3v) is 33.5. The van der Waals surface area contributed by atoms with Crippen LogP contribution in [0.1, 0.15) is 279 Å². The minimum atomic E-state index is -1.25. The Morgan fingerprint density at radius 1 is 0.364 bits per heavy atom. The van der Waals surface area contributed by atoms with E-state index in [9.17, 15) is 28.0 Å². The average molecular weight is 1490 g/mol. The average Bonchev–Trinajstić information content (AvgIpc) is 1.37. The standard InChI is InChI=1S/2C26H33NO2.2C24H31NO/c2*1-17(28)29-20-10-12-25(2)19(15-20)6-7-21-23-9-8-22(18-5-4-14-27-16-18)26(23,3)13-11-24(21)25;2*1-23-11-9-18(26)14-17(23)5-6-19-21-8-7-20(16-4-3-13-25-15-16)24(21,2)12-10-22(19)23/h2*4-6,8,14,16,20-21,23-24H,7,9-13,15H2,1-3H3;2*3-5,7,13,15,18-19,21-22,26H,6,8-12,14H2,1-2H3/t2*20-,21?,23?,24?,25-,26+;2*18-,19?,21?,22?,23-,24+/m0000/s1/i24D;11D2;22D;10D2. The van der Waals surface area contributed by atoms with Gasteiger partial charge in [-0.15, -0.1) is 0 Å². The second-order valence-electron chi connectivity index (χ2n) is 38.9. The number of aliphatic hydroxyl groups is 2. The highest BCUT2D eigenvalue weighted by atomic mass is 16.5. The Balaban J connectivity index is 0.000000111. The fourth-order valence-electron chi connectivity index (χ4n) is 27.5. The zero-order valence-corrected chi connectivity index (χ0v) is 67.6. The second kappa shape index (κ2) is 29.3. The lowest BCUT2D eigenvalue weighted by atomic mass is 9.47. The van der Waals surface area contributed by atoms with Crippen LogP contribution in [-0.4, -0.2) is 66.5 Å². The van der Waals surface area contributed by atoms with Crippen molar-refractivity contribution in [1.29, 1.82) is 0 Å². The van der Waals surface area contributed by atoms with Gasteiger partial charge < -0.3 is 19.7 Å². The first-order valence-electron chi connectivity index (χ1n) is 46.0. The number of ether oxygens (including phenoxy) is 2. The number of hydrogen-bond donors (Lipinski definition) is 2. The molecule has 10 heteroatoms. The summed E-state index contributed by atoms with van der Waals surface area (Å²) in [7, 11) is 0. The van der Waals surface area contributed by atoms with Crippen LogP contribution in [0.4, 0.5) is 0 Å². The lowest BCUT2D eigenvalue weighted by molar-refractivity contribution is -0.149. The molecule has 0 aromatic carbocycles. The molecule has 8 saturated carbocycles. The van der Waals surface area contributed by atoms with Gasteiger partial charge in [-0.2, -0.15) is 0 Å². The largest absolute Gasteiger partial charge is 0.462 e. The molecule has 4 aromatic heterocycles. The van der Waals surface area contributed by atoms with Gasteiger partial charge in [-0.25, -0.2) is 0 Å². The molecule has 24 atom stereocenters. The fourth-order valence-corrected chi connectivity index (χ4v) is 27.5. The number of carbonyl (C=O) groups excluding carboxylic acids is 2. The van der Waals surface area contributed by atoms with Gasteiger partial charge in [0, 0.05) is 84.5 Å². The lowest BCUT2D eigenvalue weighted by Crippen LogP contribution is -2.50. The quantitative estimate of drug-likeness (QED) is 0.141. The maximum absolute atomic E-state index is 11.5. The molecule has 20 rings (SSSR count). The predicted molar refractivity (Wildman–Crippen MR) is 440 cm³/mol. The van der Waals surface area contributed by atoms with Crippen LogP contribution in [0.25, 0.3) is 22.3 Å². The van der Waals surface area contributed by atoms with Crippen LogP contribution >= 0.6 is 0 Å². The maximum atomic E-state index is 11.5. The molecule has 0 saturated heterocycles. The van der Waals surface area contributed by atoms with Crippen molar-refractivity contribution in [3.8, 4) is 0 Å². The molecule has 4 aromatic rings. The van der Waals surface area contributed by atoms with Crippen molar-refractivity contribution in [2.24, 2.45) is 114 Å². The van der Waals surface area contributed by atoms with Crippen LogP contribution in [0, 0.1) is 114 Å². The van der Waals surface area contributed by atoms with Gasteiger partial charge >= 0.3 is 11.9 Å². The summed E-state index contributed by atoms with van der Waals surface area (Å²) in [6.07, 6.45) is 54.8. The molecule has 12 unspecified atom stereocenters. The van der Waals surface area contributed by atoms with E-state index in [-0.39, 0.29) is 97.4 Å². The van der Waals surface area contributed by atoms with Gasteiger partial charge in [-0.05, 0) is 350 Å². The summed E-state index contributed by atoms with van der Waals surface area (Å²) >= 11 is 0. The number of pyridine rings is 4. The Kier molecular flexibility index (Phi) is 18.4. The first kappa shape index (κ1) is 68.9. The van der Waals surface area contributed by atoms with Crippen molar-refractivity contribution in [2.75, 3.05) is 0 Å². The SMILES string of the molecule is [2H]C1([2H])C[C@]2(C)C(c3cccnc3)=CCC2C2CC=C3C[C@@H](O)CC[C@]3(C)C21.[2H]C1([2H])C[C@]2(C)C(c3cccnc3)=CCC2C2CC=C3C[C@@H](OC(C)=O)CC[C@]3(C)C21.[2H]C12CC[C@]3(C)C(c4cccnc4)=CCC3C1CC=C1C[C@@H](O)CC[C@@]12C.[2H]C12CC[C@]3(C)C(c4cccnc4)=CCC3C1CC=C1C[C@@H](OC(C)=O)CC[C@@]12C. The first-order valence-corrected chi connectivity index (χ1v) is 43.0. The van der Waals surface area contributed by atoms with Gasteiger partial charge in [-0.1, -0.05) is 151 Å². The number of aromatic nitrogens is 4. The molecule has 0 aliphatic heterocycles. The van der Waals surface area contributed by atoms with E-state index in [1.165, 1.54) is 69.6 Å². The van der Waals surface area contributed by atoms with E-state index in [2.05, 4.69) is 148 Å². The van der Waals surface area contributed by atoms with Crippen LogP contribution in [-0.2, 0) is 19.1 Å². The molecule has 10 nitrogen and oxygen atoms in total. The van der Waals surface area contributed by atoms with Crippen molar-refractivity contribution in [1.82, 2.24) is 19.9 Å². The Labute approximate surface area is 667 Å². The van der Waals surface area contributed by atoms with Gasteiger partial charge in [-0.3, -0.25) is 29.5 Å². The van der Waals surface area contributed by atoms with Gasteiger partial charge in [0.05, 0.1) is 12.2 Å². The molecular weight excluding hydrogens is 1350 g/mol. The van der Waals surface area contributed by atoms with Gasteiger partial charge in [0.15, 0.2) is 0 Å². The van der Waals surface area contributed by atoms with Crippen LogP contribution < -0.4 is 0 Å².